The molecule has 0 aromatic heterocycles. The summed E-state index contributed by atoms with van der Waals surface area (Å²) in [5.41, 5.74) is 1.94. The molecule has 1 aliphatic rings. The maximum atomic E-state index is 13.5. The number of carbonyl (C=O) groups is 1. The molecule has 0 bridgehead atoms. The minimum absolute atomic E-state index is 0.0395. The average Bonchev–Trinajstić information content (AvgIpc) is 2.76. The summed E-state index contributed by atoms with van der Waals surface area (Å²) in [6.45, 7) is 6.09. The Morgan fingerprint density at radius 1 is 1.17 bits per heavy atom. The molecule has 0 saturated heterocycles. The van der Waals surface area contributed by atoms with Crippen molar-refractivity contribution in [3.05, 3.63) is 63.7 Å². The summed E-state index contributed by atoms with van der Waals surface area (Å²) in [5, 5.41) is 14.1. The van der Waals surface area contributed by atoms with Crippen molar-refractivity contribution in [3.8, 4) is 5.75 Å². The van der Waals surface area contributed by atoms with Gasteiger partial charge in [0.2, 0.25) is 5.91 Å². The third-order valence-electron chi connectivity index (χ3n) is 6.11. The quantitative estimate of drug-likeness (QED) is 0.454. The molecule has 0 heterocycles. The smallest absolute Gasteiger partial charge is 0.269 e. The number of anilines is 1. The molecule has 1 saturated carbocycles. The maximum Gasteiger partial charge on any atom is 0.269 e. The van der Waals surface area contributed by atoms with Crippen LogP contribution in [0.2, 0.25) is 0 Å². The molecule has 1 atom stereocenters. The minimum atomic E-state index is -0.660. The standard InChI is InChI=1S/C24H30N2O4/c1-4-18(3)30-22-13-10-20(16-17(22)2)25-23(27)24(14-6-5-7-15-24)19-8-11-21(12-9-19)26(28)29/h8-13,16,18H,4-7,14-15H2,1-3H3,(H,25,27)/t18-/m0/s1. The third-order valence-corrected chi connectivity index (χ3v) is 6.11. The highest BCUT2D eigenvalue weighted by Crippen LogP contribution is 2.41. The number of carbonyl (C=O) groups excluding carboxylic acids is 1. The van der Waals surface area contributed by atoms with Crippen molar-refractivity contribution in [1.29, 1.82) is 0 Å². The summed E-state index contributed by atoms with van der Waals surface area (Å²) in [7, 11) is 0. The molecule has 1 N–H and O–H groups in total. The van der Waals surface area contributed by atoms with Crippen LogP contribution in [0, 0.1) is 17.0 Å². The summed E-state index contributed by atoms with van der Waals surface area (Å²) < 4.78 is 5.92. The van der Waals surface area contributed by atoms with Crippen molar-refractivity contribution in [2.45, 2.75) is 70.8 Å². The number of nitro benzene ring substituents is 1. The Kier molecular flexibility index (Phi) is 6.75. The number of non-ortho nitro benzene ring substituents is 1. The first-order valence-electron chi connectivity index (χ1n) is 10.7. The van der Waals surface area contributed by atoms with Gasteiger partial charge in [0.25, 0.3) is 5.69 Å². The Morgan fingerprint density at radius 2 is 1.83 bits per heavy atom. The van der Waals surface area contributed by atoms with E-state index in [1.54, 1.807) is 12.1 Å². The van der Waals surface area contributed by atoms with E-state index in [1.165, 1.54) is 12.1 Å². The van der Waals surface area contributed by atoms with Crippen LogP contribution >= 0.6 is 0 Å². The summed E-state index contributed by atoms with van der Waals surface area (Å²) in [6.07, 6.45) is 5.57. The van der Waals surface area contributed by atoms with E-state index in [4.69, 9.17) is 4.74 Å². The summed E-state index contributed by atoms with van der Waals surface area (Å²) in [4.78, 5) is 24.0. The zero-order valence-electron chi connectivity index (χ0n) is 17.9. The zero-order valence-corrected chi connectivity index (χ0v) is 17.9. The first kappa shape index (κ1) is 21.8. The SMILES string of the molecule is CC[C@H](C)Oc1ccc(NC(=O)C2(c3ccc([N+](=O)[O-])cc3)CCCCC2)cc1C. The molecule has 2 aromatic rings. The summed E-state index contributed by atoms with van der Waals surface area (Å²) >= 11 is 0. The molecule has 3 rings (SSSR count). The van der Waals surface area contributed by atoms with Crippen LogP contribution in [-0.2, 0) is 10.2 Å². The number of ether oxygens (including phenoxy) is 1. The Morgan fingerprint density at radius 3 is 2.40 bits per heavy atom. The number of rotatable bonds is 7. The number of nitrogens with zero attached hydrogens (tertiary/aromatic N) is 1. The molecule has 1 fully saturated rings. The van der Waals surface area contributed by atoms with Crippen LogP contribution in [0.5, 0.6) is 5.75 Å². The number of hydrogen-bond donors (Lipinski definition) is 1. The molecule has 0 spiro atoms. The molecule has 6 heteroatoms. The van der Waals surface area contributed by atoms with E-state index >= 15 is 0 Å². The lowest BCUT2D eigenvalue weighted by molar-refractivity contribution is -0.384. The predicted octanol–water partition coefficient (Wildman–Crippen LogP) is 5.92. The molecule has 0 radical (unpaired) electrons. The first-order valence-corrected chi connectivity index (χ1v) is 10.7. The monoisotopic (exact) mass is 410 g/mol. The van der Waals surface area contributed by atoms with Gasteiger partial charge < -0.3 is 10.1 Å². The molecule has 2 aromatic carbocycles. The van der Waals surface area contributed by atoms with Gasteiger partial charge in [-0.05, 0) is 62.4 Å². The van der Waals surface area contributed by atoms with Crippen molar-refractivity contribution >= 4 is 17.3 Å². The van der Waals surface area contributed by atoms with Crippen LogP contribution in [0.1, 0.15) is 63.5 Å². The Balaban J connectivity index is 1.84. The first-order chi connectivity index (χ1) is 14.4. The lowest BCUT2D eigenvalue weighted by atomic mass is 9.68. The van der Waals surface area contributed by atoms with Crippen molar-refractivity contribution in [2.75, 3.05) is 5.32 Å². The number of amides is 1. The van der Waals surface area contributed by atoms with Crippen LogP contribution in [0.25, 0.3) is 0 Å². The molecule has 0 unspecified atom stereocenters. The predicted molar refractivity (Wildman–Crippen MR) is 118 cm³/mol. The van der Waals surface area contributed by atoms with Gasteiger partial charge in [-0.1, -0.05) is 38.3 Å². The molecular formula is C24H30N2O4. The largest absolute Gasteiger partial charge is 0.490 e. The van der Waals surface area contributed by atoms with Crippen LogP contribution in [0.15, 0.2) is 42.5 Å². The maximum absolute atomic E-state index is 13.5. The second-order valence-electron chi connectivity index (χ2n) is 8.22. The molecule has 0 aliphatic heterocycles. The van der Waals surface area contributed by atoms with Crippen molar-refractivity contribution in [2.24, 2.45) is 0 Å². The number of aryl methyl sites for hydroxylation is 1. The van der Waals surface area contributed by atoms with Crippen molar-refractivity contribution in [3.63, 3.8) is 0 Å². The minimum Gasteiger partial charge on any atom is -0.490 e. The highest BCUT2D eigenvalue weighted by molar-refractivity contribution is 5.99. The lowest BCUT2D eigenvalue weighted by Crippen LogP contribution is -2.42. The van der Waals surface area contributed by atoms with Gasteiger partial charge in [-0.3, -0.25) is 14.9 Å². The number of benzene rings is 2. The molecule has 160 valence electrons. The fraction of sp³-hybridized carbons (Fsp3) is 0.458. The molecule has 6 nitrogen and oxygen atoms in total. The van der Waals surface area contributed by atoms with Gasteiger partial charge in [0.1, 0.15) is 5.75 Å². The van der Waals surface area contributed by atoms with Gasteiger partial charge >= 0.3 is 0 Å². The van der Waals surface area contributed by atoms with Gasteiger partial charge in [-0.2, -0.15) is 0 Å². The fourth-order valence-electron chi connectivity index (χ4n) is 4.11. The number of nitro groups is 1. The van der Waals surface area contributed by atoms with Gasteiger partial charge in [-0.25, -0.2) is 0 Å². The number of hydrogen-bond acceptors (Lipinski definition) is 4. The second-order valence-corrected chi connectivity index (χ2v) is 8.22. The fourth-order valence-corrected chi connectivity index (χ4v) is 4.11. The van der Waals surface area contributed by atoms with Crippen molar-refractivity contribution < 1.29 is 14.5 Å². The van der Waals surface area contributed by atoms with E-state index in [0.29, 0.717) is 0 Å². The van der Waals surface area contributed by atoms with Gasteiger partial charge in [0.15, 0.2) is 0 Å². The van der Waals surface area contributed by atoms with Gasteiger partial charge in [0.05, 0.1) is 16.4 Å². The van der Waals surface area contributed by atoms with Crippen LogP contribution in [0.3, 0.4) is 0 Å². The lowest BCUT2D eigenvalue weighted by Gasteiger charge is -2.36. The Hall–Kier alpha value is -2.89. The zero-order chi connectivity index (χ0) is 21.7. The summed E-state index contributed by atoms with van der Waals surface area (Å²) in [6, 6.07) is 12.1. The normalized spacial score (nSPS) is 16.5. The van der Waals surface area contributed by atoms with E-state index in [1.807, 2.05) is 32.0 Å². The average molecular weight is 411 g/mol. The van der Waals surface area contributed by atoms with E-state index in [0.717, 1.165) is 61.1 Å². The topological polar surface area (TPSA) is 81.5 Å². The summed E-state index contributed by atoms with van der Waals surface area (Å²) in [5.74, 6) is 0.774. The highest BCUT2D eigenvalue weighted by atomic mass is 16.6. The molecular weight excluding hydrogens is 380 g/mol. The molecule has 1 amide bonds. The Bertz CT molecular complexity index is 902. The van der Waals surface area contributed by atoms with Crippen molar-refractivity contribution in [1.82, 2.24) is 0 Å². The number of nitrogens with one attached hydrogen (secondary N) is 1. The second kappa shape index (κ2) is 9.28. The van der Waals surface area contributed by atoms with Crippen LogP contribution < -0.4 is 10.1 Å². The molecule has 1 aliphatic carbocycles. The Labute approximate surface area is 177 Å². The highest BCUT2D eigenvalue weighted by Gasteiger charge is 2.41. The van der Waals surface area contributed by atoms with Crippen LogP contribution in [-0.4, -0.2) is 16.9 Å². The van der Waals surface area contributed by atoms with E-state index in [9.17, 15) is 14.9 Å². The van der Waals surface area contributed by atoms with Gasteiger partial charge in [0, 0.05) is 17.8 Å². The van der Waals surface area contributed by atoms with Gasteiger partial charge in [-0.15, -0.1) is 0 Å². The van der Waals surface area contributed by atoms with Crippen LogP contribution in [0.4, 0.5) is 11.4 Å². The molecule has 30 heavy (non-hydrogen) atoms. The van der Waals surface area contributed by atoms with E-state index in [2.05, 4.69) is 12.2 Å². The van der Waals surface area contributed by atoms with E-state index < -0.39 is 10.3 Å². The van der Waals surface area contributed by atoms with E-state index in [-0.39, 0.29) is 17.7 Å². The third kappa shape index (κ3) is 4.64.